The summed E-state index contributed by atoms with van der Waals surface area (Å²) in [7, 11) is 0. The molecule has 6 heteroatoms. The highest BCUT2D eigenvalue weighted by Crippen LogP contribution is 2.30. The van der Waals surface area contributed by atoms with Crippen LogP contribution in [0.25, 0.3) is 0 Å². The largest absolute Gasteiger partial charge is 0.351 e. The second-order valence-electron chi connectivity index (χ2n) is 4.93. The van der Waals surface area contributed by atoms with Crippen LogP contribution in [0.15, 0.2) is 12.1 Å². The number of aromatic nitrogens is 1. The lowest BCUT2D eigenvalue weighted by Crippen LogP contribution is -2.26. The number of hydrogen-bond acceptors (Lipinski definition) is 4. The topological polar surface area (TPSA) is 59.3 Å². The summed E-state index contributed by atoms with van der Waals surface area (Å²) in [5.41, 5.74) is 0.0411. The Morgan fingerprint density at radius 1 is 1.47 bits per heavy atom. The minimum atomic E-state index is -0.388. The fourth-order valence-electron chi connectivity index (χ4n) is 2.58. The third kappa shape index (κ3) is 3.35. The lowest BCUT2D eigenvalue weighted by molar-refractivity contribution is -0.384. The maximum Gasteiger partial charge on any atom is 0.311 e. The quantitative estimate of drug-likeness (QED) is 0.482. The molecule has 104 valence electrons. The molecule has 0 aromatic carbocycles. The Hall–Kier alpha value is -1.36. The molecule has 0 radical (unpaired) electrons. The third-order valence-corrected chi connectivity index (χ3v) is 3.95. The number of halogens is 1. The van der Waals surface area contributed by atoms with Crippen LogP contribution >= 0.6 is 11.6 Å². The molecule has 1 atom stereocenters. The van der Waals surface area contributed by atoms with Gasteiger partial charge in [-0.3, -0.25) is 10.1 Å². The molecule has 0 bridgehead atoms. The zero-order valence-electron chi connectivity index (χ0n) is 11.0. The first-order chi connectivity index (χ1) is 9.11. The summed E-state index contributed by atoms with van der Waals surface area (Å²) < 4.78 is 0. The van der Waals surface area contributed by atoms with Crippen LogP contribution < -0.4 is 4.90 Å². The summed E-state index contributed by atoms with van der Waals surface area (Å²) >= 11 is 5.88. The van der Waals surface area contributed by atoms with Gasteiger partial charge >= 0.3 is 5.69 Å². The SMILES string of the molecule is CCC1CCCN(c2nc(Cl)ccc2[N+](=O)[O-])CC1. The molecule has 0 N–H and O–H groups in total. The van der Waals surface area contributed by atoms with Crippen LogP contribution in [0.1, 0.15) is 32.6 Å². The van der Waals surface area contributed by atoms with Crippen molar-refractivity contribution in [2.75, 3.05) is 18.0 Å². The summed E-state index contributed by atoms with van der Waals surface area (Å²) in [6.07, 6.45) is 4.45. The number of anilines is 1. The molecule has 0 spiro atoms. The first kappa shape index (κ1) is 14.1. The Bertz CT molecular complexity index is 467. The molecule has 1 aromatic rings. The van der Waals surface area contributed by atoms with E-state index in [9.17, 15) is 10.1 Å². The summed E-state index contributed by atoms with van der Waals surface area (Å²) in [5.74, 6) is 1.12. The fourth-order valence-corrected chi connectivity index (χ4v) is 2.72. The minimum Gasteiger partial charge on any atom is -0.351 e. The van der Waals surface area contributed by atoms with E-state index in [1.807, 2.05) is 4.90 Å². The lowest BCUT2D eigenvalue weighted by atomic mass is 9.98. The average Bonchev–Trinajstić information content (AvgIpc) is 2.63. The molecule has 0 saturated carbocycles. The average molecular weight is 284 g/mol. The van der Waals surface area contributed by atoms with Gasteiger partial charge in [0.05, 0.1) is 4.92 Å². The number of nitrogens with zero attached hydrogens (tertiary/aromatic N) is 3. The molecule has 5 nitrogen and oxygen atoms in total. The smallest absolute Gasteiger partial charge is 0.311 e. The van der Waals surface area contributed by atoms with Crippen molar-refractivity contribution in [1.82, 2.24) is 4.98 Å². The predicted molar refractivity (Wildman–Crippen MR) is 75.7 cm³/mol. The maximum absolute atomic E-state index is 11.1. The highest BCUT2D eigenvalue weighted by Gasteiger charge is 2.24. The molecule has 1 aromatic heterocycles. The van der Waals surface area contributed by atoms with Crippen LogP contribution in [-0.2, 0) is 0 Å². The van der Waals surface area contributed by atoms with Gasteiger partial charge in [-0.25, -0.2) is 4.98 Å². The lowest BCUT2D eigenvalue weighted by Gasteiger charge is -2.21. The fraction of sp³-hybridized carbons (Fsp3) is 0.615. The molecule has 1 unspecified atom stereocenters. The van der Waals surface area contributed by atoms with Crippen LogP contribution in [0.2, 0.25) is 5.15 Å². The van der Waals surface area contributed by atoms with Crippen molar-refractivity contribution < 1.29 is 4.92 Å². The minimum absolute atomic E-state index is 0.0411. The first-order valence-electron chi connectivity index (χ1n) is 6.67. The van der Waals surface area contributed by atoms with E-state index >= 15 is 0 Å². The normalized spacial score (nSPS) is 20.1. The van der Waals surface area contributed by atoms with Crippen LogP contribution in [-0.4, -0.2) is 23.0 Å². The number of rotatable bonds is 3. The van der Waals surface area contributed by atoms with Crippen LogP contribution in [0.4, 0.5) is 11.5 Å². The van der Waals surface area contributed by atoms with E-state index in [2.05, 4.69) is 11.9 Å². The Labute approximate surface area is 117 Å². The van der Waals surface area contributed by atoms with Crippen molar-refractivity contribution in [2.45, 2.75) is 32.6 Å². The van der Waals surface area contributed by atoms with E-state index in [4.69, 9.17) is 11.6 Å². The highest BCUT2D eigenvalue weighted by molar-refractivity contribution is 6.29. The van der Waals surface area contributed by atoms with Gasteiger partial charge in [0.15, 0.2) is 0 Å². The van der Waals surface area contributed by atoms with Crippen molar-refractivity contribution >= 4 is 23.1 Å². The Kier molecular flexibility index (Phi) is 4.58. The van der Waals surface area contributed by atoms with Crippen LogP contribution in [0.5, 0.6) is 0 Å². The second kappa shape index (κ2) is 6.19. The van der Waals surface area contributed by atoms with E-state index in [1.165, 1.54) is 25.0 Å². The van der Waals surface area contributed by atoms with Gasteiger partial charge in [-0.2, -0.15) is 0 Å². The first-order valence-corrected chi connectivity index (χ1v) is 7.05. The van der Waals surface area contributed by atoms with E-state index in [-0.39, 0.29) is 10.6 Å². The Balaban J connectivity index is 2.25. The van der Waals surface area contributed by atoms with E-state index in [1.54, 1.807) is 0 Å². The molecule has 1 aliphatic rings. The molecule has 2 rings (SSSR count). The molecule has 0 amide bonds. The van der Waals surface area contributed by atoms with Crippen LogP contribution in [0.3, 0.4) is 0 Å². The van der Waals surface area contributed by atoms with Crippen molar-refractivity contribution in [2.24, 2.45) is 5.92 Å². The van der Waals surface area contributed by atoms with Gasteiger partial charge in [0.1, 0.15) is 5.15 Å². The molecular formula is C13H18ClN3O2. The summed E-state index contributed by atoms with van der Waals surface area (Å²) in [6, 6.07) is 2.91. The van der Waals surface area contributed by atoms with Gasteiger partial charge < -0.3 is 4.90 Å². The zero-order valence-corrected chi connectivity index (χ0v) is 11.8. The Morgan fingerprint density at radius 2 is 2.26 bits per heavy atom. The van der Waals surface area contributed by atoms with Crippen molar-refractivity contribution in [3.05, 3.63) is 27.4 Å². The summed E-state index contributed by atoms with van der Waals surface area (Å²) in [6.45, 7) is 3.82. The van der Waals surface area contributed by atoms with E-state index in [0.29, 0.717) is 16.9 Å². The standard InChI is InChI=1S/C13H18ClN3O2/c1-2-10-4-3-8-16(9-7-10)13-11(17(18)19)5-6-12(14)15-13/h5-6,10H,2-4,7-9H2,1H3. The van der Waals surface area contributed by atoms with Gasteiger partial charge in [-0.05, 0) is 31.2 Å². The van der Waals surface area contributed by atoms with E-state index in [0.717, 1.165) is 25.9 Å². The molecule has 2 heterocycles. The molecule has 1 saturated heterocycles. The van der Waals surface area contributed by atoms with Crippen LogP contribution in [0, 0.1) is 16.0 Å². The highest BCUT2D eigenvalue weighted by atomic mass is 35.5. The zero-order chi connectivity index (χ0) is 13.8. The van der Waals surface area contributed by atoms with Gasteiger partial charge in [0, 0.05) is 19.2 Å². The van der Waals surface area contributed by atoms with Crippen molar-refractivity contribution in [3.8, 4) is 0 Å². The predicted octanol–water partition coefficient (Wildman–Crippen LogP) is 3.66. The Morgan fingerprint density at radius 3 is 2.95 bits per heavy atom. The molecule has 1 aliphatic heterocycles. The molecule has 19 heavy (non-hydrogen) atoms. The third-order valence-electron chi connectivity index (χ3n) is 3.74. The number of hydrogen-bond donors (Lipinski definition) is 0. The van der Waals surface area contributed by atoms with Crippen molar-refractivity contribution in [3.63, 3.8) is 0 Å². The molecule has 1 fully saturated rings. The van der Waals surface area contributed by atoms with Gasteiger partial charge in [-0.15, -0.1) is 0 Å². The maximum atomic E-state index is 11.1. The number of pyridine rings is 1. The van der Waals surface area contributed by atoms with Gasteiger partial charge in [0.25, 0.3) is 0 Å². The molecular weight excluding hydrogens is 266 g/mol. The second-order valence-corrected chi connectivity index (χ2v) is 5.31. The van der Waals surface area contributed by atoms with Crippen molar-refractivity contribution in [1.29, 1.82) is 0 Å². The summed E-state index contributed by atoms with van der Waals surface area (Å²) in [5, 5.41) is 11.4. The molecule has 0 aliphatic carbocycles. The van der Waals surface area contributed by atoms with E-state index < -0.39 is 0 Å². The van der Waals surface area contributed by atoms with Gasteiger partial charge in [0.2, 0.25) is 5.82 Å². The number of nitro groups is 1. The monoisotopic (exact) mass is 283 g/mol. The van der Waals surface area contributed by atoms with Gasteiger partial charge in [-0.1, -0.05) is 24.9 Å². The summed E-state index contributed by atoms with van der Waals surface area (Å²) in [4.78, 5) is 16.8.